The molecule has 1 saturated carbocycles. The lowest BCUT2D eigenvalue weighted by molar-refractivity contribution is -0.121. The number of carbonyl (C=O) groups is 1. The number of nitrogens with zero attached hydrogens (tertiary/aromatic N) is 3. The van der Waals surface area contributed by atoms with E-state index in [0.717, 1.165) is 0 Å². The Labute approximate surface area is 106 Å². The summed E-state index contributed by atoms with van der Waals surface area (Å²) >= 11 is 0. The van der Waals surface area contributed by atoms with Gasteiger partial charge in [-0.2, -0.15) is 4.98 Å². The van der Waals surface area contributed by atoms with Crippen LogP contribution >= 0.6 is 0 Å². The second-order valence-electron chi connectivity index (χ2n) is 4.43. The Bertz CT molecular complexity index is 759. The number of rotatable bonds is 1. The van der Waals surface area contributed by atoms with Crippen LogP contribution in [-0.2, 0) is 4.79 Å². The van der Waals surface area contributed by atoms with Crippen LogP contribution in [0.5, 0.6) is 0 Å². The molecule has 0 saturated heterocycles. The van der Waals surface area contributed by atoms with Gasteiger partial charge in [-0.15, -0.1) is 0 Å². The normalized spacial score (nSPS) is 23.4. The van der Waals surface area contributed by atoms with Gasteiger partial charge in [0.2, 0.25) is 5.95 Å². The topological polar surface area (TPSA) is 127 Å². The Morgan fingerprint density at radius 1 is 1.53 bits per heavy atom. The molecule has 1 aliphatic rings. The van der Waals surface area contributed by atoms with E-state index < -0.39 is 23.5 Å². The summed E-state index contributed by atoms with van der Waals surface area (Å²) in [6.07, 6.45) is 0.514. The van der Waals surface area contributed by atoms with Crippen molar-refractivity contribution in [1.29, 1.82) is 0 Å². The number of aliphatic hydroxyl groups is 1. The maximum Gasteiger partial charge on any atom is 0.280 e. The fourth-order valence-corrected chi connectivity index (χ4v) is 2.29. The van der Waals surface area contributed by atoms with Gasteiger partial charge in [0.15, 0.2) is 16.9 Å². The molecule has 0 radical (unpaired) electrons. The first-order valence-electron chi connectivity index (χ1n) is 5.62. The van der Waals surface area contributed by atoms with Crippen molar-refractivity contribution in [2.75, 3.05) is 5.73 Å². The first-order valence-corrected chi connectivity index (χ1v) is 5.62. The summed E-state index contributed by atoms with van der Waals surface area (Å²) in [5, 5.41) is 9.56. The van der Waals surface area contributed by atoms with Crippen molar-refractivity contribution in [1.82, 2.24) is 19.5 Å². The van der Waals surface area contributed by atoms with Crippen LogP contribution in [0, 0.1) is 0 Å². The first kappa shape index (κ1) is 11.6. The van der Waals surface area contributed by atoms with Crippen LogP contribution in [0.4, 0.5) is 5.95 Å². The van der Waals surface area contributed by atoms with Crippen LogP contribution in [0.1, 0.15) is 12.5 Å². The van der Waals surface area contributed by atoms with Gasteiger partial charge in [-0.05, 0) is 0 Å². The van der Waals surface area contributed by atoms with Crippen molar-refractivity contribution in [3.8, 4) is 0 Å². The Balaban J connectivity index is 2.20. The number of imidazole rings is 1. The van der Waals surface area contributed by atoms with Gasteiger partial charge >= 0.3 is 0 Å². The molecule has 8 heteroatoms. The van der Waals surface area contributed by atoms with Crippen molar-refractivity contribution in [3.63, 3.8) is 0 Å². The zero-order valence-electron chi connectivity index (χ0n) is 9.83. The summed E-state index contributed by atoms with van der Waals surface area (Å²) < 4.78 is 1.54. The second-order valence-corrected chi connectivity index (χ2v) is 4.43. The molecule has 1 aliphatic carbocycles. The first-order chi connectivity index (χ1) is 8.99. The summed E-state index contributed by atoms with van der Waals surface area (Å²) in [5.41, 5.74) is 5.73. The minimum Gasteiger partial charge on any atom is -0.385 e. The second kappa shape index (κ2) is 3.75. The van der Waals surface area contributed by atoms with Gasteiger partial charge < -0.3 is 15.4 Å². The number of Topliss-reactive ketones (excluding diaryl/α,β-unsaturated/α-hetero) is 1. The number of hydrogen-bond donors (Lipinski definition) is 3. The molecule has 8 nitrogen and oxygen atoms in total. The molecule has 2 aromatic heterocycles. The van der Waals surface area contributed by atoms with Gasteiger partial charge in [0.05, 0.1) is 12.4 Å². The molecule has 2 aromatic rings. The fraction of sp³-hybridized carbons (Fsp3) is 0.273. The summed E-state index contributed by atoms with van der Waals surface area (Å²) in [4.78, 5) is 33.5. The zero-order chi connectivity index (χ0) is 13.7. The lowest BCUT2D eigenvalue weighted by Crippen LogP contribution is -2.14. The van der Waals surface area contributed by atoms with E-state index in [2.05, 4.69) is 21.5 Å². The molecule has 98 valence electrons. The van der Waals surface area contributed by atoms with Crippen LogP contribution in [-0.4, -0.2) is 36.5 Å². The minimum absolute atomic E-state index is 0.0327. The number of ketones is 1. The number of nitrogens with two attached hydrogens (primary N) is 1. The Morgan fingerprint density at radius 2 is 2.26 bits per heavy atom. The van der Waals surface area contributed by atoms with E-state index >= 15 is 0 Å². The molecule has 19 heavy (non-hydrogen) atoms. The van der Waals surface area contributed by atoms with Crippen LogP contribution in [0.2, 0.25) is 0 Å². The van der Waals surface area contributed by atoms with Gasteiger partial charge in [-0.25, -0.2) is 4.98 Å². The highest BCUT2D eigenvalue weighted by molar-refractivity contribution is 6.01. The molecule has 1 fully saturated rings. The van der Waals surface area contributed by atoms with Crippen molar-refractivity contribution in [2.45, 2.75) is 18.6 Å². The Kier molecular flexibility index (Phi) is 2.29. The quantitative estimate of drug-likeness (QED) is 0.573. The number of H-pyrrole nitrogens is 1. The third-order valence-electron chi connectivity index (χ3n) is 3.25. The number of aliphatic hydroxyl groups excluding tert-OH is 1. The Morgan fingerprint density at radius 3 is 2.89 bits per heavy atom. The summed E-state index contributed by atoms with van der Waals surface area (Å²) in [5.74, 6) is -0.431. The van der Waals surface area contributed by atoms with E-state index in [1.54, 1.807) is 0 Å². The van der Waals surface area contributed by atoms with Crippen LogP contribution in [0.15, 0.2) is 23.3 Å². The number of aromatic nitrogens is 4. The van der Waals surface area contributed by atoms with Crippen molar-refractivity contribution in [3.05, 3.63) is 28.8 Å². The van der Waals surface area contributed by atoms with Crippen molar-refractivity contribution in [2.24, 2.45) is 0 Å². The fourth-order valence-electron chi connectivity index (χ4n) is 2.29. The molecular formula is C11H11N5O3. The molecule has 0 spiro atoms. The van der Waals surface area contributed by atoms with E-state index in [9.17, 15) is 14.7 Å². The van der Waals surface area contributed by atoms with Gasteiger partial charge in [0.1, 0.15) is 6.10 Å². The molecule has 0 aliphatic heterocycles. The monoisotopic (exact) mass is 261 g/mol. The number of aromatic amines is 1. The molecule has 0 unspecified atom stereocenters. The number of carbonyl (C=O) groups excluding carboxylic acids is 1. The zero-order valence-corrected chi connectivity index (χ0v) is 9.83. The predicted molar refractivity (Wildman–Crippen MR) is 66.4 cm³/mol. The summed E-state index contributed by atoms with van der Waals surface area (Å²) in [6, 6.07) is -0.457. The van der Waals surface area contributed by atoms with E-state index in [1.165, 1.54) is 10.9 Å². The highest BCUT2D eigenvalue weighted by atomic mass is 16.3. The minimum atomic E-state index is -1.07. The third kappa shape index (κ3) is 1.57. The average molecular weight is 261 g/mol. The van der Waals surface area contributed by atoms with Crippen LogP contribution < -0.4 is 11.3 Å². The van der Waals surface area contributed by atoms with Gasteiger partial charge in [0, 0.05) is 12.0 Å². The van der Waals surface area contributed by atoms with Crippen LogP contribution in [0.3, 0.4) is 0 Å². The molecule has 0 bridgehead atoms. The standard InChI is InChI=1S/C11H11N5O3/c1-4-5(2-6(17)8(4)18)16-3-13-7-9(16)14-11(12)15-10(7)19/h3,5-6,17H,1-2H2,(H3,12,14,15,19)/t5-,6-/m0/s1. The lowest BCUT2D eigenvalue weighted by Gasteiger charge is -2.12. The number of nitrogens with one attached hydrogen (secondary N) is 1. The molecule has 2 atom stereocenters. The lowest BCUT2D eigenvalue weighted by atomic mass is 10.2. The van der Waals surface area contributed by atoms with Gasteiger partial charge in [-0.3, -0.25) is 14.6 Å². The molecular weight excluding hydrogens is 250 g/mol. The van der Waals surface area contributed by atoms with Gasteiger partial charge in [-0.1, -0.05) is 6.58 Å². The summed E-state index contributed by atoms with van der Waals surface area (Å²) in [6.45, 7) is 3.67. The maximum absolute atomic E-state index is 11.6. The molecule has 0 aromatic carbocycles. The van der Waals surface area contributed by atoms with E-state index in [1.807, 2.05) is 0 Å². The third-order valence-corrected chi connectivity index (χ3v) is 3.25. The molecule has 0 amide bonds. The predicted octanol–water partition coefficient (Wildman–Crippen LogP) is -0.867. The number of hydrogen-bond acceptors (Lipinski definition) is 6. The smallest absolute Gasteiger partial charge is 0.280 e. The van der Waals surface area contributed by atoms with E-state index in [-0.39, 0.29) is 29.1 Å². The van der Waals surface area contributed by atoms with Crippen molar-refractivity contribution < 1.29 is 9.90 Å². The molecule has 2 heterocycles. The molecule has 3 rings (SSSR count). The number of anilines is 1. The SMILES string of the molecule is C=C1C(=O)[C@@H](O)C[C@@H]1n1cnc2c(=O)[nH]c(N)nc21. The maximum atomic E-state index is 11.6. The highest BCUT2D eigenvalue weighted by Gasteiger charge is 2.36. The molecule has 4 N–H and O–H groups in total. The number of nitrogen functional groups attached to an aromatic ring is 1. The van der Waals surface area contributed by atoms with E-state index in [0.29, 0.717) is 0 Å². The van der Waals surface area contributed by atoms with E-state index in [4.69, 9.17) is 5.73 Å². The summed E-state index contributed by atoms with van der Waals surface area (Å²) in [7, 11) is 0. The largest absolute Gasteiger partial charge is 0.385 e. The number of fused-ring (bicyclic) bond motifs is 1. The highest BCUT2D eigenvalue weighted by Crippen LogP contribution is 2.33. The van der Waals surface area contributed by atoms with Crippen molar-refractivity contribution >= 4 is 22.9 Å². The van der Waals surface area contributed by atoms with Gasteiger partial charge in [0.25, 0.3) is 5.56 Å². The average Bonchev–Trinajstić information content (AvgIpc) is 2.86. The Hall–Kier alpha value is -2.48. The van der Waals surface area contributed by atoms with Crippen LogP contribution in [0.25, 0.3) is 11.2 Å².